The number of aryl methyl sites for hydroxylation is 1. The highest BCUT2D eigenvalue weighted by atomic mass is 16.7. The molecule has 3 aliphatic heterocycles. The molecule has 3 aliphatic rings. The van der Waals surface area contributed by atoms with Gasteiger partial charge in [0.2, 0.25) is 0 Å². The van der Waals surface area contributed by atoms with Crippen LogP contribution in [-0.4, -0.2) is 46.4 Å². The molecule has 0 radical (unpaired) electrons. The van der Waals surface area contributed by atoms with Gasteiger partial charge in [-0.05, 0) is 80.9 Å². The molecule has 2 saturated heterocycles. The maximum atomic E-state index is 13.6. The first-order chi connectivity index (χ1) is 17.5. The van der Waals surface area contributed by atoms with Crippen molar-refractivity contribution >= 4 is 11.5 Å². The van der Waals surface area contributed by atoms with Gasteiger partial charge in [0, 0.05) is 25.2 Å². The van der Waals surface area contributed by atoms with Crippen LogP contribution >= 0.6 is 0 Å². The molecule has 0 amide bonds. The van der Waals surface area contributed by atoms with E-state index in [9.17, 15) is 15.0 Å². The third-order valence-corrected chi connectivity index (χ3v) is 8.31. The van der Waals surface area contributed by atoms with Crippen molar-refractivity contribution in [3.05, 3.63) is 58.7 Å². The number of esters is 1. The second-order valence-corrected chi connectivity index (χ2v) is 11.4. The van der Waals surface area contributed by atoms with E-state index >= 15 is 0 Å². The number of rotatable bonds is 0. The summed E-state index contributed by atoms with van der Waals surface area (Å²) < 4.78 is 19.2. The normalized spacial score (nSPS) is 35.4. The Kier molecular flexibility index (Phi) is 8.32. The molecule has 0 saturated carbocycles. The molecule has 1 spiro atoms. The summed E-state index contributed by atoms with van der Waals surface area (Å²) in [5, 5.41) is 21.3. The molecule has 6 nitrogen and oxygen atoms in total. The fourth-order valence-corrected chi connectivity index (χ4v) is 5.62. The van der Waals surface area contributed by atoms with Crippen LogP contribution in [0.2, 0.25) is 0 Å². The minimum absolute atomic E-state index is 0.0487. The number of benzene rings is 1. The molecule has 2 bridgehead atoms. The number of aliphatic hydroxyl groups excluding tert-OH is 1. The number of phenols is 1. The smallest absolute Gasteiger partial charge is 0.339 e. The molecule has 202 valence electrons. The lowest BCUT2D eigenvalue weighted by Crippen LogP contribution is -2.53. The van der Waals surface area contributed by atoms with Gasteiger partial charge in [0.25, 0.3) is 0 Å². The maximum Gasteiger partial charge on any atom is 0.339 e. The van der Waals surface area contributed by atoms with Crippen molar-refractivity contribution in [3.63, 3.8) is 0 Å². The Hall–Kier alpha value is -2.41. The molecule has 6 heteroatoms. The lowest BCUT2D eigenvalue weighted by Gasteiger charge is -2.49. The van der Waals surface area contributed by atoms with Crippen molar-refractivity contribution in [2.24, 2.45) is 11.8 Å². The van der Waals surface area contributed by atoms with Crippen LogP contribution in [0.5, 0.6) is 5.75 Å². The number of aromatic hydroxyl groups is 1. The molecule has 4 rings (SSSR count). The van der Waals surface area contributed by atoms with E-state index in [2.05, 4.69) is 13.8 Å². The van der Waals surface area contributed by atoms with Crippen molar-refractivity contribution in [1.29, 1.82) is 0 Å². The van der Waals surface area contributed by atoms with E-state index in [1.165, 1.54) is 0 Å². The molecular formula is C31H42O6. The van der Waals surface area contributed by atoms with Gasteiger partial charge in [-0.1, -0.05) is 38.2 Å². The summed E-state index contributed by atoms with van der Waals surface area (Å²) in [7, 11) is 0. The summed E-state index contributed by atoms with van der Waals surface area (Å²) in [6.07, 6.45) is 10.0. The average molecular weight is 511 g/mol. The van der Waals surface area contributed by atoms with Crippen LogP contribution in [0.15, 0.2) is 42.0 Å². The number of ether oxygens (including phenoxy) is 3. The Morgan fingerprint density at radius 2 is 1.78 bits per heavy atom. The number of carbonyl (C=O) groups is 1. The van der Waals surface area contributed by atoms with Gasteiger partial charge in [0.05, 0.1) is 23.9 Å². The number of hydrogen-bond acceptors (Lipinski definition) is 6. The molecule has 0 aliphatic carbocycles. The van der Waals surface area contributed by atoms with Gasteiger partial charge in [-0.3, -0.25) is 0 Å². The standard InChI is InChI=1S/C31H42O6/c1-18-12-13-31(36-23(18)6)17-25-15-24(37-31)11-10-21(4)29(33)20(3)9-7-8-19(2)26-16-28(32)22(5)14-27(26)30(34)35-25/h7-10,14,16,18,20,23-25,29,32-33H,11-13,15,17H2,1-6H3. The lowest BCUT2D eigenvalue weighted by atomic mass is 9.86. The van der Waals surface area contributed by atoms with Crippen LogP contribution in [0.25, 0.3) is 5.57 Å². The van der Waals surface area contributed by atoms with Crippen molar-refractivity contribution in [2.45, 2.75) is 104 Å². The summed E-state index contributed by atoms with van der Waals surface area (Å²) in [4.78, 5) is 13.6. The van der Waals surface area contributed by atoms with E-state index in [-0.39, 0.29) is 30.0 Å². The van der Waals surface area contributed by atoms with Gasteiger partial charge >= 0.3 is 5.97 Å². The Balaban J connectivity index is 1.74. The summed E-state index contributed by atoms with van der Waals surface area (Å²) in [5.74, 6) is -0.725. The highest BCUT2D eigenvalue weighted by Gasteiger charge is 2.47. The lowest BCUT2D eigenvalue weighted by molar-refractivity contribution is -0.331. The summed E-state index contributed by atoms with van der Waals surface area (Å²) in [6.45, 7) is 11.9. The molecule has 0 aromatic heterocycles. The van der Waals surface area contributed by atoms with Crippen LogP contribution in [0.3, 0.4) is 0 Å². The van der Waals surface area contributed by atoms with E-state index in [1.807, 2.05) is 45.1 Å². The minimum Gasteiger partial charge on any atom is -0.508 e. The topological polar surface area (TPSA) is 85.2 Å². The highest BCUT2D eigenvalue weighted by Crippen LogP contribution is 2.43. The largest absolute Gasteiger partial charge is 0.508 e. The van der Waals surface area contributed by atoms with E-state index in [4.69, 9.17) is 14.2 Å². The Morgan fingerprint density at radius 1 is 1.03 bits per heavy atom. The molecule has 3 heterocycles. The highest BCUT2D eigenvalue weighted by molar-refractivity contribution is 5.96. The van der Waals surface area contributed by atoms with Gasteiger partial charge in [-0.15, -0.1) is 0 Å². The van der Waals surface area contributed by atoms with Gasteiger partial charge in [-0.25, -0.2) is 4.79 Å². The first kappa shape index (κ1) is 27.6. The molecule has 7 unspecified atom stereocenters. The molecule has 1 aromatic carbocycles. The van der Waals surface area contributed by atoms with Crippen molar-refractivity contribution < 1.29 is 29.2 Å². The van der Waals surface area contributed by atoms with E-state index < -0.39 is 17.9 Å². The Labute approximate surface area is 221 Å². The van der Waals surface area contributed by atoms with E-state index in [1.54, 1.807) is 19.1 Å². The first-order valence-electron chi connectivity index (χ1n) is 13.6. The van der Waals surface area contributed by atoms with Crippen LogP contribution in [0.1, 0.15) is 88.2 Å². The van der Waals surface area contributed by atoms with E-state index in [0.717, 1.165) is 24.0 Å². The number of phenolic OH excluding ortho intramolecular Hbond substituents is 1. The zero-order chi connectivity index (χ0) is 26.9. The fourth-order valence-electron chi connectivity index (χ4n) is 5.62. The third-order valence-electron chi connectivity index (χ3n) is 8.31. The molecular weight excluding hydrogens is 468 g/mol. The van der Waals surface area contributed by atoms with Gasteiger partial charge < -0.3 is 24.4 Å². The first-order valence-corrected chi connectivity index (χ1v) is 13.6. The van der Waals surface area contributed by atoms with Gasteiger partial charge in [0.1, 0.15) is 11.9 Å². The van der Waals surface area contributed by atoms with Crippen molar-refractivity contribution in [3.8, 4) is 5.75 Å². The minimum atomic E-state index is -0.787. The summed E-state index contributed by atoms with van der Waals surface area (Å²) in [6, 6.07) is 3.32. The van der Waals surface area contributed by atoms with Crippen molar-refractivity contribution in [2.75, 3.05) is 0 Å². The van der Waals surface area contributed by atoms with E-state index in [0.29, 0.717) is 41.9 Å². The second kappa shape index (κ2) is 11.1. The monoisotopic (exact) mass is 510 g/mol. The quantitative estimate of drug-likeness (QED) is 0.317. The molecule has 7 atom stereocenters. The molecule has 2 N–H and O–H groups in total. The summed E-state index contributed by atoms with van der Waals surface area (Å²) >= 11 is 0. The number of carbonyl (C=O) groups excluding carboxylic acids is 1. The number of fused-ring (bicyclic) bond motifs is 3. The van der Waals surface area contributed by atoms with Crippen molar-refractivity contribution in [1.82, 2.24) is 0 Å². The molecule has 1 aromatic rings. The number of allylic oxidation sites excluding steroid dienone is 3. The predicted molar refractivity (Wildman–Crippen MR) is 144 cm³/mol. The predicted octanol–water partition coefficient (Wildman–Crippen LogP) is 6.24. The second-order valence-electron chi connectivity index (χ2n) is 11.4. The maximum absolute atomic E-state index is 13.6. The SMILES string of the molecule is CC1=CC=CC(C)C(O)C(C)=CCC2CC(CC3(CCC(C)C(C)O3)O2)OC(=O)c2cc(C)c(O)cc21. The zero-order valence-corrected chi connectivity index (χ0v) is 23.0. The van der Waals surface area contributed by atoms with Gasteiger partial charge in [-0.2, -0.15) is 0 Å². The Bertz CT molecular complexity index is 1100. The number of aliphatic hydroxyl groups is 1. The summed E-state index contributed by atoms with van der Waals surface area (Å²) in [5.41, 5.74) is 3.38. The third kappa shape index (κ3) is 6.19. The number of hydrogen-bond donors (Lipinski definition) is 2. The van der Waals surface area contributed by atoms with Crippen LogP contribution in [0.4, 0.5) is 0 Å². The zero-order valence-electron chi connectivity index (χ0n) is 23.0. The van der Waals surface area contributed by atoms with Crippen LogP contribution in [0, 0.1) is 18.8 Å². The van der Waals surface area contributed by atoms with Crippen LogP contribution in [-0.2, 0) is 14.2 Å². The fraction of sp³-hybridized carbons (Fsp3) is 0.581. The molecule has 2 fully saturated rings. The molecule has 37 heavy (non-hydrogen) atoms. The average Bonchev–Trinajstić information content (AvgIpc) is 2.85. The Morgan fingerprint density at radius 3 is 2.51 bits per heavy atom. The van der Waals surface area contributed by atoms with Crippen LogP contribution < -0.4 is 0 Å². The van der Waals surface area contributed by atoms with Gasteiger partial charge in [0.15, 0.2) is 5.79 Å².